The van der Waals surface area contributed by atoms with E-state index < -0.39 is 50.1 Å². The van der Waals surface area contributed by atoms with Gasteiger partial charge in [0.15, 0.2) is 0 Å². The van der Waals surface area contributed by atoms with Crippen LogP contribution in [0.2, 0.25) is 0 Å². The SMILES string of the molecule is O=C([O-])CN(CCN(CC(=O)[O-])CC(=O)[O-])CC(=O)[O-].OCC[NH+](CCO)CCO.[Fe+3]. The Morgan fingerprint density at radius 1 is 0.581 bits per heavy atom. The van der Waals surface area contributed by atoms with E-state index in [1.165, 1.54) is 0 Å². The predicted octanol–water partition coefficient (Wildman–Crippen LogP) is -10.6. The zero-order valence-electron chi connectivity index (χ0n) is 16.8. The van der Waals surface area contributed by atoms with Crippen LogP contribution in [0.1, 0.15) is 0 Å². The van der Waals surface area contributed by atoms with E-state index in [1.807, 2.05) is 0 Å². The molecule has 0 heterocycles. The minimum atomic E-state index is -1.53. The Bertz CT molecular complexity index is 443. The van der Waals surface area contributed by atoms with Crippen LogP contribution in [0.4, 0.5) is 0 Å². The third kappa shape index (κ3) is 24.3. The molecular formula is C16H28FeN3O11. The Kier molecular flexibility index (Phi) is 23.3. The minimum absolute atomic E-state index is 0. The molecule has 0 aliphatic heterocycles. The molecule has 14 nitrogen and oxygen atoms in total. The molecule has 0 aromatic carbocycles. The first-order chi connectivity index (χ1) is 14.0. The summed E-state index contributed by atoms with van der Waals surface area (Å²) in [5.74, 6) is -6.12. The standard InChI is InChI=1S/C10H16N2O8.C6H15NO3.Fe/c13-7(14)3-11(4-8(15)16)1-2-12(5-9(17)18)6-10(19)20;8-4-1-7(2-5-9)3-6-10;/h1-6H2,(H,13,14)(H,15,16)(H,17,18)(H,19,20);8-10H,1-6H2;/q;;+3/p-3. The Labute approximate surface area is 189 Å². The van der Waals surface area contributed by atoms with Crippen LogP contribution in [0.5, 0.6) is 0 Å². The molecule has 0 saturated heterocycles. The van der Waals surface area contributed by atoms with Crippen LogP contribution in [0.25, 0.3) is 0 Å². The van der Waals surface area contributed by atoms with Gasteiger partial charge in [-0.25, -0.2) is 0 Å². The van der Waals surface area contributed by atoms with Crippen molar-refractivity contribution >= 4 is 23.9 Å². The number of aliphatic hydroxyl groups excluding tert-OH is 3. The van der Waals surface area contributed by atoms with E-state index in [2.05, 4.69) is 0 Å². The zero-order valence-corrected chi connectivity index (χ0v) is 17.9. The average molecular weight is 494 g/mol. The molecule has 4 N–H and O–H groups in total. The molecule has 0 aromatic heterocycles. The summed E-state index contributed by atoms with van der Waals surface area (Å²) in [5, 5.41) is 67.1. The van der Waals surface area contributed by atoms with Gasteiger partial charge in [0.1, 0.15) is 19.6 Å². The van der Waals surface area contributed by atoms with Gasteiger partial charge in [-0.3, -0.25) is 9.80 Å². The monoisotopic (exact) mass is 494 g/mol. The summed E-state index contributed by atoms with van der Waals surface area (Å²) < 4.78 is 0. The fourth-order valence-corrected chi connectivity index (χ4v) is 2.29. The number of aliphatic hydroxyl groups is 3. The van der Waals surface area contributed by atoms with Gasteiger partial charge in [-0.05, 0) is 0 Å². The van der Waals surface area contributed by atoms with Crippen molar-refractivity contribution in [1.29, 1.82) is 0 Å². The number of hydrogen-bond donors (Lipinski definition) is 4. The summed E-state index contributed by atoms with van der Waals surface area (Å²) in [4.78, 5) is 44.5. The summed E-state index contributed by atoms with van der Waals surface area (Å²) in [6.07, 6.45) is 0. The maximum atomic E-state index is 10.4. The molecule has 0 aliphatic carbocycles. The number of quaternary nitrogens is 1. The molecule has 0 rings (SSSR count). The molecule has 0 fully saturated rings. The van der Waals surface area contributed by atoms with Gasteiger partial charge >= 0.3 is 17.1 Å². The van der Waals surface area contributed by atoms with Crippen LogP contribution < -0.4 is 25.3 Å². The molecule has 0 aromatic rings. The number of carbonyl (C=O) groups excluding carboxylic acids is 4. The molecule has 0 saturated carbocycles. The van der Waals surface area contributed by atoms with E-state index in [1.54, 1.807) is 0 Å². The number of carboxylic acids is 4. The third-order valence-corrected chi connectivity index (χ3v) is 3.54. The summed E-state index contributed by atoms with van der Waals surface area (Å²) in [7, 11) is 0. The molecule has 181 valence electrons. The first kappa shape index (κ1) is 33.8. The fraction of sp³-hybridized carbons (Fsp3) is 0.750. The molecule has 0 atom stereocenters. The van der Waals surface area contributed by atoms with Crippen molar-refractivity contribution in [3.8, 4) is 0 Å². The van der Waals surface area contributed by atoms with Crippen molar-refractivity contribution in [2.45, 2.75) is 0 Å². The number of hydrogen-bond acceptors (Lipinski definition) is 13. The normalized spacial score (nSPS) is 10.4. The van der Waals surface area contributed by atoms with Crippen molar-refractivity contribution < 1.29 is 76.9 Å². The molecule has 1 radical (unpaired) electrons. The minimum Gasteiger partial charge on any atom is -0.549 e. The van der Waals surface area contributed by atoms with Gasteiger partial charge in [-0.1, -0.05) is 0 Å². The summed E-state index contributed by atoms with van der Waals surface area (Å²) in [6.45, 7) is -1.14. The molecule has 0 aliphatic rings. The van der Waals surface area contributed by atoms with Gasteiger partial charge < -0.3 is 59.8 Å². The Morgan fingerprint density at radius 2 is 0.806 bits per heavy atom. The van der Waals surface area contributed by atoms with E-state index in [0.29, 0.717) is 19.6 Å². The number of aliphatic carboxylic acids is 4. The smallest absolute Gasteiger partial charge is 0.549 e. The number of nitrogens with one attached hydrogen (secondary N) is 1. The second-order valence-electron chi connectivity index (χ2n) is 6.08. The maximum absolute atomic E-state index is 10.4. The van der Waals surface area contributed by atoms with E-state index in [4.69, 9.17) is 15.3 Å². The number of nitrogens with zero attached hydrogens (tertiary/aromatic N) is 2. The van der Waals surface area contributed by atoms with Crippen molar-refractivity contribution in [2.75, 3.05) is 78.7 Å². The topological polar surface area (TPSA) is 232 Å². The van der Waals surface area contributed by atoms with Crippen LogP contribution in [-0.4, -0.2) is 128 Å². The number of carboxylic acid groups (broad SMARTS) is 4. The van der Waals surface area contributed by atoms with Crippen LogP contribution in [0.15, 0.2) is 0 Å². The number of rotatable bonds is 17. The van der Waals surface area contributed by atoms with Gasteiger partial charge in [0.2, 0.25) is 0 Å². The summed E-state index contributed by atoms with van der Waals surface area (Å²) >= 11 is 0. The Hall–Kier alpha value is -1.84. The molecule has 0 amide bonds. The predicted molar refractivity (Wildman–Crippen MR) is 89.7 cm³/mol. The Morgan fingerprint density at radius 3 is 0.968 bits per heavy atom. The molecule has 31 heavy (non-hydrogen) atoms. The zero-order chi connectivity index (χ0) is 23.5. The largest absolute Gasteiger partial charge is 3.00 e. The second-order valence-corrected chi connectivity index (χ2v) is 6.08. The molecule has 0 spiro atoms. The van der Waals surface area contributed by atoms with E-state index in [0.717, 1.165) is 14.7 Å². The van der Waals surface area contributed by atoms with E-state index >= 15 is 0 Å². The summed E-state index contributed by atoms with van der Waals surface area (Å²) in [6, 6.07) is 0. The molecular weight excluding hydrogens is 466 g/mol. The van der Waals surface area contributed by atoms with Crippen molar-refractivity contribution in [1.82, 2.24) is 9.80 Å². The van der Waals surface area contributed by atoms with Gasteiger partial charge in [0.25, 0.3) is 0 Å². The maximum Gasteiger partial charge on any atom is 3.00 e. The van der Waals surface area contributed by atoms with Crippen molar-refractivity contribution in [3.63, 3.8) is 0 Å². The Balaban J connectivity index is -0.000000604. The second kappa shape index (κ2) is 21.4. The van der Waals surface area contributed by atoms with Gasteiger partial charge in [0.05, 0.1) is 43.7 Å². The van der Waals surface area contributed by atoms with Gasteiger partial charge in [-0.2, -0.15) is 0 Å². The first-order valence-electron chi connectivity index (χ1n) is 8.95. The van der Waals surface area contributed by atoms with Gasteiger partial charge in [0, 0.05) is 39.3 Å². The fourth-order valence-electron chi connectivity index (χ4n) is 2.29. The van der Waals surface area contributed by atoms with Crippen molar-refractivity contribution in [3.05, 3.63) is 0 Å². The van der Waals surface area contributed by atoms with Crippen LogP contribution >= 0.6 is 0 Å². The molecule has 0 bridgehead atoms. The van der Waals surface area contributed by atoms with Crippen LogP contribution in [0.3, 0.4) is 0 Å². The van der Waals surface area contributed by atoms with Crippen molar-refractivity contribution in [2.24, 2.45) is 0 Å². The molecule has 0 unspecified atom stereocenters. The van der Waals surface area contributed by atoms with Crippen LogP contribution in [0, 0.1) is 0 Å². The number of carbonyl (C=O) groups is 4. The van der Waals surface area contributed by atoms with Gasteiger partial charge in [-0.15, -0.1) is 0 Å². The van der Waals surface area contributed by atoms with E-state index in [9.17, 15) is 39.6 Å². The third-order valence-electron chi connectivity index (χ3n) is 3.54. The summed E-state index contributed by atoms with van der Waals surface area (Å²) in [5.41, 5.74) is 0. The van der Waals surface area contributed by atoms with Crippen LogP contribution in [-0.2, 0) is 36.2 Å². The average Bonchev–Trinajstić information content (AvgIpc) is 2.59. The quantitative estimate of drug-likeness (QED) is 0.138. The molecule has 15 heteroatoms. The van der Waals surface area contributed by atoms with E-state index in [-0.39, 0.29) is 50.0 Å². The first-order valence-corrected chi connectivity index (χ1v) is 8.95.